The third-order valence-corrected chi connectivity index (χ3v) is 0.878. The summed E-state index contributed by atoms with van der Waals surface area (Å²) in [4.78, 5) is 14.1. The molecule has 0 aliphatic rings. The molecule has 0 spiro atoms. The van der Waals surface area contributed by atoms with Gasteiger partial charge in [-0.25, -0.2) is 0 Å². The Morgan fingerprint density at radius 2 is 2.20 bits per heavy atom. The van der Waals surface area contributed by atoms with Gasteiger partial charge in [-0.3, -0.25) is 0 Å². The SMILES string of the molecule is CN=c1n[c-]nc(C)[nH]1.[W+2]. The maximum atomic E-state index is 3.79. The summed E-state index contributed by atoms with van der Waals surface area (Å²) in [7, 11) is 1.66. The van der Waals surface area contributed by atoms with Gasteiger partial charge in [-0.2, -0.15) is 0 Å². The molecule has 0 aliphatic heterocycles. The largest absolute Gasteiger partial charge is 2.00 e. The molecule has 1 rings (SSSR count). The average Bonchev–Trinajstić information content (AvgIpc) is 1.88. The summed E-state index contributed by atoms with van der Waals surface area (Å²) in [6, 6.07) is 0. The van der Waals surface area contributed by atoms with E-state index >= 15 is 0 Å². The molecule has 1 N–H and O–H groups in total. The zero-order chi connectivity index (χ0) is 6.69. The Morgan fingerprint density at radius 3 is 2.60 bits per heavy atom. The quantitative estimate of drug-likeness (QED) is 0.654. The summed E-state index contributed by atoms with van der Waals surface area (Å²) >= 11 is 0. The topological polar surface area (TPSA) is 53.9 Å². The molecule has 1 heterocycles. The van der Waals surface area contributed by atoms with Gasteiger partial charge in [0.1, 0.15) is 5.62 Å². The van der Waals surface area contributed by atoms with Crippen molar-refractivity contribution in [2.75, 3.05) is 7.05 Å². The Bertz CT molecular complexity index is 254. The molecule has 0 unspecified atom stereocenters. The number of aromatic amines is 1. The van der Waals surface area contributed by atoms with Crippen molar-refractivity contribution in [2.24, 2.45) is 4.99 Å². The Kier molecular flexibility index (Phi) is 4.12. The first-order chi connectivity index (χ1) is 4.33. The van der Waals surface area contributed by atoms with Crippen LogP contribution >= 0.6 is 0 Å². The molecule has 0 radical (unpaired) electrons. The zero-order valence-corrected chi connectivity index (χ0v) is 8.68. The number of H-pyrrole nitrogens is 1. The standard InChI is InChI=1S/C5H7N4.W/c1-4-7-3-8-5(6-2)9-4;/h1-2H3,(H,6,7,8,9);/q-1;+2. The molecule has 0 saturated heterocycles. The van der Waals surface area contributed by atoms with Gasteiger partial charge >= 0.3 is 21.1 Å². The van der Waals surface area contributed by atoms with E-state index in [9.17, 15) is 0 Å². The molecule has 10 heavy (non-hydrogen) atoms. The molecule has 5 heteroatoms. The predicted octanol–water partition coefficient (Wildman–Crippen LogP) is -0.559. The number of nitrogens with one attached hydrogen (secondary N) is 1. The molecule has 4 nitrogen and oxygen atoms in total. The first kappa shape index (κ1) is 9.50. The van der Waals surface area contributed by atoms with Crippen molar-refractivity contribution < 1.29 is 21.1 Å². The Hall–Kier alpha value is -0.502. The first-order valence-electron chi connectivity index (χ1n) is 2.57. The van der Waals surface area contributed by atoms with Crippen LogP contribution in [0.4, 0.5) is 0 Å². The van der Waals surface area contributed by atoms with E-state index in [0.29, 0.717) is 5.62 Å². The molecule has 0 aromatic carbocycles. The monoisotopic (exact) mass is 307 g/mol. The summed E-state index contributed by atoms with van der Waals surface area (Å²) in [5.74, 6) is 0.769. The molecular weight excluding hydrogens is 300 g/mol. The number of aryl methyl sites for hydroxylation is 1. The van der Waals surface area contributed by atoms with E-state index in [1.54, 1.807) is 7.05 Å². The number of aromatic nitrogens is 3. The minimum absolute atomic E-state index is 0. The Balaban J connectivity index is 0.000000810. The third kappa shape index (κ3) is 2.39. The molecule has 0 atom stereocenters. The van der Waals surface area contributed by atoms with Gasteiger partial charge in [0.05, 0.1) is 0 Å². The normalized spacial score (nSPS) is 10.8. The number of hydrogen-bond acceptors (Lipinski definition) is 3. The average molecular weight is 307 g/mol. The van der Waals surface area contributed by atoms with Gasteiger partial charge in [0, 0.05) is 13.4 Å². The van der Waals surface area contributed by atoms with Crippen molar-refractivity contribution in [1.29, 1.82) is 0 Å². The van der Waals surface area contributed by atoms with Crippen molar-refractivity contribution in [1.82, 2.24) is 15.0 Å². The maximum Gasteiger partial charge on any atom is 2.00 e. The number of nitrogens with zero attached hydrogens (tertiary/aromatic N) is 3. The van der Waals surface area contributed by atoms with Crippen LogP contribution in [0.3, 0.4) is 0 Å². The van der Waals surface area contributed by atoms with E-state index in [2.05, 4.69) is 26.3 Å². The molecule has 0 fully saturated rings. The van der Waals surface area contributed by atoms with Gasteiger partial charge in [-0.15, -0.1) is 0 Å². The molecule has 1 aromatic heterocycles. The van der Waals surface area contributed by atoms with E-state index < -0.39 is 0 Å². The van der Waals surface area contributed by atoms with Crippen LogP contribution in [0.25, 0.3) is 0 Å². The summed E-state index contributed by atoms with van der Waals surface area (Å²) in [5.41, 5.74) is 0.558. The molecule has 0 saturated carbocycles. The fourth-order valence-electron chi connectivity index (χ4n) is 0.471. The van der Waals surface area contributed by atoms with Crippen LogP contribution in [-0.2, 0) is 21.1 Å². The minimum atomic E-state index is 0. The van der Waals surface area contributed by atoms with E-state index in [-0.39, 0.29) is 21.1 Å². The predicted molar refractivity (Wildman–Crippen MR) is 31.4 cm³/mol. The fourth-order valence-corrected chi connectivity index (χ4v) is 0.471. The summed E-state index contributed by atoms with van der Waals surface area (Å²) in [6.07, 6.45) is 2.46. The number of rotatable bonds is 0. The summed E-state index contributed by atoms with van der Waals surface area (Å²) in [6.45, 7) is 1.83. The molecular formula is C5H7N4W+. The van der Waals surface area contributed by atoms with Gasteiger partial charge in [-0.05, 0) is 5.82 Å². The first-order valence-corrected chi connectivity index (χ1v) is 2.57. The Labute approximate surface area is 73.1 Å². The fraction of sp³-hybridized carbons (Fsp3) is 0.400. The van der Waals surface area contributed by atoms with Crippen LogP contribution < -0.4 is 5.62 Å². The summed E-state index contributed by atoms with van der Waals surface area (Å²) in [5, 5.41) is 0. The molecule has 0 bridgehead atoms. The van der Waals surface area contributed by atoms with Crippen LogP contribution in [0.1, 0.15) is 5.82 Å². The van der Waals surface area contributed by atoms with Crippen LogP contribution in [0.15, 0.2) is 4.99 Å². The van der Waals surface area contributed by atoms with Gasteiger partial charge in [-0.1, -0.05) is 6.92 Å². The van der Waals surface area contributed by atoms with Crippen LogP contribution in [0.2, 0.25) is 0 Å². The number of hydrogen-bond donors (Lipinski definition) is 1. The summed E-state index contributed by atoms with van der Waals surface area (Å²) < 4.78 is 0. The van der Waals surface area contributed by atoms with Crippen LogP contribution in [-0.4, -0.2) is 22.0 Å². The van der Waals surface area contributed by atoms with E-state index in [1.807, 2.05) is 6.92 Å². The van der Waals surface area contributed by atoms with Gasteiger partial charge in [0.15, 0.2) is 0 Å². The van der Waals surface area contributed by atoms with E-state index in [4.69, 9.17) is 0 Å². The van der Waals surface area contributed by atoms with Gasteiger partial charge in [0.25, 0.3) is 0 Å². The Morgan fingerprint density at radius 1 is 1.50 bits per heavy atom. The van der Waals surface area contributed by atoms with Crippen molar-refractivity contribution in [3.05, 3.63) is 17.8 Å². The van der Waals surface area contributed by atoms with Crippen molar-refractivity contribution in [3.63, 3.8) is 0 Å². The van der Waals surface area contributed by atoms with E-state index in [0.717, 1.165) is 5.82 Å². The molecule has 1 aromatic rings. The molecule has 52 valence electrons. The minimum Gasteiger partial charge on any atom is -0.419 e. The van der Waals surface area contributed by atoms with Crippen molar-refractivity contribution in [3.8, 4) is 0 Å². The van der Waals surface area contributed by atoms with E-state index in [1.165, 1.54) is 0 Å². The van der Waals surface area contributed by atoms with Gasteiger partial charge < -0.3 is 19.9 Å². The second-order valence-electron chi connectivity index (χ2n) is 1.58. The zero-order valence-electron chi connectivity index (χ0n) is 5.75. The van der Waals surface area contributed by atoms with Crippen LogP contribution in [0.5, 0.6) is 0 Å². The van der Waals surface area contributed by atoms with Crippen molar-refractivity contribution >= 4 is 0 Å². The second kappa shape index (κ2) is 4.34. The smallest absolute Gasteiger partial charge is 0.419 e. The maximum absolute atomic E-state index is 3.79. The third-order valence-electron chi connectivity index (χ3n) is 0.878. The van der Waals surface area contributed by atoms with Crippen LogP contribution in [0, 0.1) is 13.3 Å². The second-order valence-corrected chi connectivity index (χ2v) is 1.58. The van der Waals surface area contributed by atoms with Crippen molar-refractivity contribution in [2.45, 2.75) is 6.92 Å². The molecule has 0 amide bonds. The van der Waals surface area contributed by atoms with Gasteiger partial charge in [0.2, 0.25) is 0 Å². The molecule has 0 aliphatic carbocycles.